The van der Waals surface area contributed by atoms with Crippen molar-refractivity contribution < 1.29 is 0 Å². The summed E-state index contributed by atoms with van der Waals surface area (Å²) in [5, 5.41) is 4.83. The van der Waals surface area contributed by atoms with Crippen LogP contribution in [0, 0.1) is 0 Å². The lowest BCUT2D eigenvalue weighted by Crippen LogP contribution is -2.61. The molecule has 0 atom stereocenters. The second-order valence-electron chi connectivity index (χ2n) is 29.3. The first-order valence-electron chi connectivity index (χ1n) is 33.7. The highest BCUT2D eigenvalue weighted by Crippen LogP contribution is 2.56. The van der Waals surface area contributed by atoms with Gasteiger partial charge in [-0.25, -0.2) is 0 Å². The Bertz CT molecular complexity index is 5060. The van der Waals surface area contributed by atoms with Gasteiger partial charge < -0.3 is 18.9 Å². The van der Waals surface area contributed by atoms with Crippen LogP contribution in [0.4, 0.5) is 34.1 Å². The van der Waals surface area contributed by atoms with Crippen molar-refractivity contribution in [2.75, 3.05) is 9.80 Å². The number of benzene rings is 13. The summed E-state index contributed by atoms with van der Waals surface area (Å²) in [6.07, 6.45) is 0. The summed E-state index contributed by atoms with van der Waals surface area (Å²) >= 11 is 0. The second-order valence-corrected chi connectivity index (χ2v) is 29.3. The van der Waals surface area contributed by atoms with Crippen LogP contribution in [0.15, 0.2) is 291 Å². The molecule has 13 aromatic carbocycles. The van der Waals surface area contributed by atoms with Crippen molar-refractivity contribution in [1.29, 1.82) is 0 Å². The summed E-state index contributed by atoms with van der Waals surface area (Å²) < 4.78 is 5.03. The van der Waals surface area contributed by atoms with Gasteiger partial charge in [0.2, 0.25) is 0 Å². The molecular formula is C90H75BN4. The smallest absolute Gasteiger partial charge is 0.252 e. The fraction of sp³-hybridized carbons (Fsp3) is 0.133. The van der Waals surface area contributed by atoms with E-state index in [1.54, 1.807) is 0 Å². The molecule has 0 amide bonds. The van der Waals surface area contributed by atoms with Crippen molar-refractivity contribution in [1.82, 2.24) is 9.13 Å². The first kappa shape index (κ1) is 58.0. The van der Waals surface area contributed by atoms with Crippen LogP contribution in [0.1, 0.15) is 79.0 Å². The van der Waals surface area contributed by atoms with Crippen LogP contribution in [-0.2, 0) is 16.2 Å². The van der Waals surface area contributed by atoms with Crippen molar-refractivity contribution in [3.8, 4) is 55.9 Å². The summed E-state index contributed by atoms with van der Waals surface area (Å²) in [5.74, 6) is 0. The Morgan fingerprint density at radius 2 is 0.537 bits per heavy atom. The van der Waals surface area contributed by atoms with E-state index in [9.17, 15) is 0 Å². The van der Waals surface area contributed by atoms with E-state index in [-0.39, 0.29) is 23.0 Å². The molecule has 4 nitrogen and oxygen atoms in total. The highest BCUT2D eigenvalue weighted by molar-refractivity contribution is 7.00. The van der Waals surface area contributed by atoms with Gasteiger partial charge in [-0.3, -0.25) is 0 Å². The van der Waals surface area contributed by atoms with E-state index < -0.39 is 0 Å². The SMILES string of the molecule is CC(C)(C)c1cc(-c2ccccc2)c(N2c3cc4c5ccccc5n(-c5ccccc5)c4cc3B3c4cc5c(cc4N(c4c(-c6ccccc6)cc(C(C)(C)C)cc4-c4ccccc4)c4cc(C(C)(C)C)cc2c43)c2ccccc2n5-c2ccccc2)c(-c2ccccc2)c1. The predicted molar refractivity (Wildman–Crippen MR) is 407 cm³/mol. The number of nitrogens with zero attached hydrogens (tertiary/aromatic N) is 4. The maximum absolute atomic E-state index is 2.74. The molecule has 0 unspecified atom stereocenters. The molecule has 2 aliphatic rings. The standard InChI is InChI=1S/C90H75BN4/c1-88(2,3)62-48-69(58-32-16-10-17-33-58)86(70(49-62)59-34-18-11-19-35-59)94-81-54-73-67-44-28-30-46-77(67)92(65-40-24-14-25-41-65)79(73)56-75(81)91-76-57-80-74(68-45-29-31-47-78(68)93(80)66-42-26-15-27-43-66)55-82(76)95(84-53-64(90(7,8)9)52-83(94)85(84)91)87-71(60-36-20-12-21-37-60)50-63(89(4,5)6)51-72(87)61-38-22-13-23-39-61/h10-57H,1-9H3. The highest BCUT2D eigenvalue weighted by atomic mass is 15.2. The van der Waals surface area contributed by atoms with E-state index in [4.69, 9.17) is 0 Å². The Kier molecular flexibility index (Phi) is 13.3. The zero-order valence-corrected chi connectivity index (χ0v) is 55.6. The monoisotopic (exact) mass is 1220 g/mol. The Morgan fingerprint density at radius 3 is 0.853 bits per heavy atom. The molecule has 0 N–H and O–H groups in total. The van der Waals surface area contributed by atoms with Gasteiger partial charge >= 0.3 is 0 Å². The predicted octanol–water partition coefficient (Wildman–Crippen LogP) is 22.5. The number of aromatic nitrogens is 2. The maximum Gasteiger partial charge on any atom is 0.252 e. The van der Waals surface area contributed by atoms with Gasteiger partial charge in [-0.2, -0.15) is 0 Å². The lowest BCUT2D eigenvalue weighted by molar-refractivity contribution is 0.590. The number of fused-ring (bicyclic) bond motifs is 10. The van der Waals surface area contributed by atoms with E-state index in [1.807, 2.05) is 0 Å². The third-order valence-electron chi connectivity index (χ3n) is 20.3. The molecule has 17 rings (SSSR count). The Labute approximate surface area is 558 Å². The van der Waals surface area contributed by atoms with Crippen LogP contribution in [0.2, 0.25) is 0 Å². The molecule has 0 saturated heterocycles. The Balaban J connectivity index is 1.12. The number of rotatable bonds is 8. The summed E-state index contributed by atoms with van der Waals surface area (Å²) in [4.78, 5) is 5.49. The molecular weight excluding hydrogens is 1150 g/mol. The minimum Gasteiger partial charge on any atom is -0.310 e. The Morgan fingerprint density at radius 1 is 0.253 bits per heavy atom. The minimum absolute atomic E-state index is 0.180. The molecule has 2 aliphatic heterocycles. The van der Waals surface area contributed by atoms with Gasteiger partial charge in [0, 0.05) is 77.9 Å². The number of hydrogen-bond donors (Lipinski definition) is 0. The molecule has 15 aromatic rings. The molecule has 0 saturated carbocycles. The summed E-state index contributed by atoms with van der Waals surface area (Å²) in [6, 6.07) is 111. The van der Waals surface area contributed by atoms with Crippen LogP contribution in [0.3, 0.4) is 0 Å². The fourth-order valence-corrected chi connectivity index (χ4v) is 15.5. The van der Waals surface area contributed by atoms with E-state index in [2.05, 4.69) is 372 Å². The van der Waals surface area contributed by atoms with Crippen LogP contribution < -0.4 is 26.2 Å². The topological polar surface area (TPSA) is 16.3 Å². The van der Waals surface area contributed by atoms with Crippen molar-refractivity contribution in [2.24, 2.45) is 0 Å². The first-order chi connectivity index (χ1) is 46.1. The Hall–Kier alpha value is -10.9. The van der Waals surface area contributed by atoms with Gasteiger partial charge in [0.15, 0.2) is 0 Å². The van der Waals surface area contributed by atoms with Gasteiger partial charge in [0.05, 0.1) is 33.4 Å². The van der Waals surface area contributed by atoms with Crippen LogP contribution in [-0.4, -0.2) is 15.8 Å². The van der Waals surface area contributed by atoms with Crippen LogP contribution >= 0.6 is 0 Å². The summed E-state index contributed by atoms with van der Waals surface area (Å²) in [6.45, 7) is 21.1. The molecule has 4 heterocycles. The van der Waals surface area contributed by atoms with Crippen molar-refractivity contribution in [3.63, 3.8) is 0 Å². The lowest BCUT2D eigenvalue weighted by Gasteiger charge is -2.46. The fourth-order valence-electron chi connectivity index (χ4n) is 15.5. The average Bonchev–Trinajstić information content (AvgIpc) is 1.58. The third-order valence-corrected chi connectivity index (χ3v) is 20.3. The van der Waals surface area contributed by atoms with Gasteiger partial charge in [0.25, 0.3) is 6.71 Å². The van der Waals surface area contributed by atoms with Gasteiger partial charge in [-0.05, 0) is 169 Å². The maximum atomic E-state index is 2.74. The van der Waals surface area contributed by atoms with Crippen molar-refractivity contribution in [2.45, 2.75) is 78.6 Å². The van der Waals surface area contributed by atoms with Gasteiger partial charge in [0.1, 0.15) is 0 Å². The zero-order valence-electron chi connectivity index (χ0n) is 55.6. The summed E-state index contributed by atoms with van der Waals surface area (Å²) in [5.41, 5.74) is 30.2. The summed E-state index contributed by atoms with van der Waals surface area (Å²) in [7, 11) is 0. The van der Waals surface area contributed by atoms with E-state index >= 15 is 0 Å². The van der Waals surface area contributed by atoms with E-state index in [0.717, 1.165) is 34.1 Å². The van der Waals surface area contributed by atoms with Gasteiger partial charge in [-0.1, -0.05) is 256 Å². The number of hydrogen-bond acceptors (Lipinski definition) is 2. The van der Waals surface area contributed by atoms with Crippen molar-refractivity contribution >= 4 is 101 Å². The molecule has 0 fully saturated rings. The molecule has 0 spiro atoms. The van der Waals surface area contributed by atoms with E-state index in [0.29, 0.717) is 0 Å². The molecule has 0 bridgehead atoms. The van der Waals surface area contributed by atoms with Crippen LogP contribution in [0.5, 0.6) is 0 Å². The molecule has 0 radical (unpaired) electrons. The lowest BCUT2D eigenvalue weighted by atomic mass is 9.33. The zero-order chi connectivity index (χ0) is 64.6. The van der Waals surface area contributed by atoms with Crippen LogP contribution in [0.25, 0.3) is 99.5 Å². The third kappa shape index (κ3) is 9.41. The highest BCUT2D eigenvalue weighted by Gasteiger charge is 2.47. The number of anilines is 6. The molecule has 2 aromatic heterocycles. The molecule has 0 aliphatic carbocycles. The second kappa shape index (κ2) is 21.9. The quantitative estimate of drug-likeness (QED) is 0.141. The van der Waals surface area contributed by atoms with Gasteiger partial charge in [-0.15, -0.1) is 0 Å². The first-order valence-corrected chi connectivity index (χ1v) is 33.7. The molecule has 95 heavy (non-hydrogen) atoms. The molecule has 458 valence electrons. The molecule has 5 heteroatoms. The number of para-hydroxylation sites is 4. The van der Waals surface area contributed by atoms with E-state index in [1.165, 1.54) is 133 Å². The largest absolute Gasteiger partial charge is 0.310 e. The normalized spacial score (nSPS) is 13.0. The average molecular weight is 1220 g/mol. The van der Waals surface area contributed by atoms with Crippen molar-refractivity contribution in [3.05, 3.63) is 308 Å². The minimum atomic E-state index is -0.305.